The Kier molecular flexibility index (Phi) is 8.75. The Morgan fingerprint density at radius 1 is 1.35 bits per heavy atom. The number of esters is 1. The number of aliphatic hydroxyl groups is 1. The Labute approximate surface area is 213 Å². The number of alkyl halides is 1. The second kappa shape index (κ2) is 11.3. The van der Waals surface area contributed by atoms with E-state index in [1.807, 2.05) is 0 Å². The van der Waals surface area contributed by atoms with Gasteiger partial charge in [0.25, 0.3) is 0 Å². The van der Waals surface area contributed by atoms with Crippen LogP contribution in [0.2, 0.25) is 0 Å². The summed E-state index contributed by atoms with van der Waals surface area (Å²) in [5.74, 6) is -0.651. The molecule has 0 bridgehead atoms. The van der Waals surface area contributed by atoms with E-state index in [9.17, 15) is 19.3 Å². The SMILES string of the molecule is CC(=O)Nc1nc(N(C)C)c2ncn([C@@H]3O[C@H](CO[P+](=O)N[C@@H](C)C(=O)OC(C)C)[C@@H](O)[C@@]3(C)F)c2n1. The molecule has 14 nitrogen and oxygen atoms in total. The standard InChI is InChI=1S/C21H31FN7O7P/c1-10(2)35-18(32)11(3)27-37(33)34-8-13-15(31)21(5,22)19(36-13)29-9-23-14-16(28(6)7)25-20(24-12(4)30)26-17(14)29/h9-11,13,15,19,31H,8H2,1-7H3,(H-,24,25,26,27,30,33)/p+1/t11-,13+,15+,19+,21+/m0/s1. The highest BCUT2D eigenvalue weighted by atomic mass is 31.1. The van der Waals surface area contributed by atoms with Crippen molar-refractivity contribution in [1.82, 2.24) is 24.6 Å². The van der Waals surface area contributed by atoms with Crippen molar-refractivity contribution in [2.24, 2.45) is 0 Å². The largest absolute Gasteiger partial charge is 0.613 e. The number of ether oxygens (including phenoxy) is 2. The van der Waals surface area contributed by atoms with Crippen LogP contribution in [0.4, 0.5) is 16.2 Å². The molecule has 1 fully saturated rings. The van der Waals surface area contributed by atoms with Gasteiger partial charge in [-0.05, 0) is 32.3 Å². The van der Waals surface area contributed by atoms with Crippen LogP contribution in [0.3, 0.4) is 0 Å². The van der Waals surface area contributed by atoms with Crippen LogP contribution in [0.5, 0.6) is 0 Å². The number of carbonyl (C=O) groups is 2. The normalized spacial score (nSPS) is 24.8. The lowest BCUT2D eigenvalue weighted by Gasteiger charge is -2.24. The molecule has 1 aliphatic rings. The fourth-order valence-corrected chi connectivity index (χ4v) is 4.45. The van der Waals surface area contributed by atoms with Crippen molar-refractivity contribution in [3.05, 3.63) is 6.33 Å². The number of imidazole rings is 1. The first-order valence-corrected chi connectivity index (χ1v) is 12.7. The van der Waals surface area contributed by atoms with E-state index < -0.39 is 56.8 Å². The Bertz CT molecular complexity index is 1180. The van der Waals surface area contributed by atoms with Crippen LogP contribution in [-0.2, 0) is 28.2 Å². The summed E-state index contributed by atoms with van der Waals surface area (Å²) in [7, 11) is 0.888. The van der Waals surface area contributed by atoms with Crippen LogP contribution in [0, 0.1) is 0 Å². The van der Waals surface area contributed by atoms with Gasteiger partial charge in [-0.3, -0.25) is 19.5 Å². The lowest BCUT2D eigenvalue weighted by atomic mass is 9.98. The van der Waals surface area contributed by atoms with Crippen molar-refractivity contribution in [2.45, 2.75) is 70.9 Å². The fourth-order valence-electron chi connectivity index (χ4n) is 3.67. The number of anilines is 2. The minimum absolute atomic E-state index is 0.0161. The third-order valence-electron chi connectivity index (χ3n) is 5.44. The first kappa shape index (κ1) is 28.7. The van der Waals surface area contributed by atoms with Gasteiger partial charge in [-0.15, -0.1) is 4.52 Å². The van der Waals surface area contributed by atoms with Crippen LogP contribution in [0.25, 0.3) is 11.2 Å². The van der Waals surface area contributed by atoms with E-state index in [0.29, 0.717) is 11.3 Å². The topological polar surface area (TPSA) is 170 Å². The number of aliphatic hydroxyl groups excluding tert-OH is 1. The smallest absolute Gasteiger partial charge is 0.462 e. The number of hydrogen-bond donors (Lipinski definition) is 3. The Hall–Kier alpha value is -2.84. The molecule has 6 atom stereocenters. The van der Waals surface area contributed by atoms with Crippen molar-refractivity contribution in [2.75, 3.05) is 30.9 Å². The van der Waals surface area contributed by atoms with Gasteiger partial charge in [0.05, 0.1) is 12.4 Å². The number of nitrogens with one attached hydrogen (secondary N) is 2. The number of hydrogen-bond acceptors (Lipinski definition) is 11. The van der Waals surface area contributed by atoms with E-state index in [4.69, 9.17) is 14.0 Å². The van der Waals surface area contributed by atoms with Crippen LogP contribution in [0.1, 0.15) is 40.8 Å². The summed E-state index contributed by atoms with van der Waals surface area (Å²) in [6.07, 6.45) is -3.30. The third-order valence-corrected chi connectivity index (χ3v) is 6.43. The Morgan fingerprint density at radius 2 is 2.03 bits per heavy atom. The van der Waals surface area contributed by atoms with Gasteiger partial charge in [0, 0.05) is 21.0 Å². The molecule has 2 aromatic heterocycles. The summed E-state index contributed by atoms with van der Waals surface area (Å²) in [5.41, 5.74) is -1.84. The Morgan fingerprint density at radius 3 is 2.62 bits per heavy atom. The number of halogens is 1. The van der Waals surface area contributed by atoms with Gasteiger partial charge in [-0.2, -0.15) is 9.97 Å². The minimum Gasteiger partial charge on any atom is -0.462 e. The van der Waals surface area contributed by atoms with Crippen molar-refractivity contribution in [3.8, 4) is 0 Å². The van der Waals surface area contributed by atoms with Crippen molar-refractivity contribution >= 4 is 43.0 Å². The molecule has 0 spiro atoms. The molecule has 1 amide bonds. The molecule has 2 aromatic rings. The highest BCUT2D eigenvalue weighted by molar-refractivity contribution is 7.36. The first-order chi connectivity index (χ1) is 17.2. The molecule has 0 aromatic carbocycles. The molecule has 0 aliphatic carbocycles. The lowest BCUT2D eigenvalue weighted by molar-refractivity contribution is -0.149. The van der Waals surface area contributed by atoms with Crippen LogP contribution < -0.4 is 15.3 Å². The van der Waals surface area contributed by atoms with Crippen LogP contribution in [0.15, 0.2) is 6.33 Å². The average molecular weight is 545 g/mol. The maximum atomic E-state index is 15.8. The molecular weight excluding hydrogens is 512 g/mol. The van der Waals surface area contributed by atoms with E-state index in [2.05, 4.69) is 25.4 Å². The van der Waals surface area contributed by atoms with E-state index in [1.54, 1.807) is 32.8 Å². The summed E-state index contributed by atoms with van der Waals surface area (Å²) >= 11 is 0. The van der Waals surface area contributed by atoms with Crippen LogP contribution >= 0.6 is 8.18 Å². The highest BCUT2D eigenvalue weighted by Gasteiger charge is 2.56. The zero-order valence-electron chi connectivity index (χ0n) is 21.6. The number of aromatic nitrogens is 4. The zero-order valence-corrected chi connectivity index (χ0v) is 22.5. The molecule has 3 N–H and O–H groups in total. The second-order valence-corrected chi connectivity index (χ2v) is 10.3. The predicted octanol–water partition coefficient (Wildman–Crippen LogP) is 1.44. The summed E-state index contributed by atoms with van der Waals surface area (Å²) in [6.45, 7) is 6.84. The summed E-state index contributed by atoms with van der Waals surface area (Å²) in [5, 5.41) is 15.6. The van der Waals surface area contributed by atoms with Gasteiger partial charge in [-0.25, -0.2) is 9.37 Å². The third kappa shape index (κ3) is 6.36. The van der Waals surface area contributed by atoms with Gasteiger partial charge in [0.1, 0.15) is 24.9 Å². The molecular formula is C21H32FN7O7P+. The van der Waals surface area contributed by atoms with Gasteiger partial charge in [0.2, 0.25) is 11.9 Å². The molecule has 37 heavy (non-hydrogen) atoms. The monoisotopic (exact) mass is 544 g/mol. The van der Waals surface area contributed by atoms with E-state index >= 15 is 4.39 Å². The van der Waals surface area contributed by atoms with Gasteiger partial charge >= 0.3 is 14.1 Å². The summed E-state index contributed by atoms with van der Waals surface area (Å²) in [6, 6.07) is -0.916. The summed E-state index contributed by atoms with van der Waals surface area (Å²) in [4.78, 5) is 38.0. The molecule has 0 saturated carbocycles. The molecule has 1 saturated heterocycles. The first-order valence-electron chi connectivity index (χ1n) is 11.5. The van der Waals surface area contributed by atoms with E-state index in [1.165, 1.54) is 24.7 Å². The maximum absolute atomic E-state index is 15.8. The lowest BCUT2D eigenvalue weighted by Crippen LogP contribution is -2.40. The maximum Gasteiger partial charge on any atom is 0.613 e. The van der Waals surface area contributed by atoms with Gasteiger partial charge in [0.15, 0.2) is 28.9 Å². The second-order valence-electron chi connectivity index (χ2n) is 9.28. The number of nitrogens with zero attached hydrogens (tertiary/aromatic N) is 5. The van der Waals surface area contributed by atoms with E-state index in [0.717, 1.165) is 6.92 Å². The molecule has 204 valence electrons. The molecule has 1 aliphatic heterocycles. The number of carbonyl (C=O) groups excluding carboxylic acids is 2. The number of fused-ring (bicyclic) bond motifs is 1. The molecule has 3 rings (SSSR count). The predicted molar refractivity (Wildman–Crippen MR) is 131 cm³/mol. The molecule has 16 heteroatoms. The number of rotatable bonds is 10. The molecule has 0 radical (unpaired) electrons. The fraction of sp³-hybridized carbons (Fsp3) is 0.667. The highest BCUT2D eigenvalue weighted by Crippen LogP contribution is 2.43. The van der Waals surface area contributed by atoms with Crippen molar-refractivity contribution < 1.29 is 37.6 Å². The average Bonchev–Trinajstić information content (AvgIpc) is 3.29. The quantitative estimate of drug-likeness (QED) is 0.291. The van der Waals surface area contributed by atoms with Gasteiger partial charge < -0.3 is 19.5 Å². The summed E-state index contributed by atoms with van der Waals surface area (Å²) < 4.78 is 45.4. The molecule has 3 heterocycles. The number of amides is 1. The van der Waals surface area contributed by atoms with E-state index in [-0.39, 0.29) is 17.7 Å². The van der Waals surface area contributed by atoms with Gasteiger partial charge in [-0.1, -0.05) is 5.09 Å². The van der Waals surface area contributed by atoms with Crippen molar-refractivity contribution in [1.29, 1.82) is 0 Å². The van der Waals surface area contributed by atoms with Crippen molar-refractivity contribution in [3.63, 3.8) is 0 Å². The minimum atomic E-state index is -2.56. The van der Waals surface area contributed by atoms with Crippen LogP contribution in [-0.4, -0.2) is 87.2 Å². The molecule has 1 unspecified atom stereocenters. The Balaban J connectivity index is 1.79. The zero-order chi connectivity index (χ0) is 27.7.